The summed E-state index contributed by atoms with van der Waals surface area (Å²) in [5.74, 6) is -0.219. The summed E-state index contributed by atoms with van der Waals surface area (Å²) in [5.41, 5.74) is -0.931. The minimum atomic E-state index is -0.931. The molecule has 5 heteroatoms. The number of aryl methyl sites for hydroxylation is 1. The summed E-state index contributed by atoms with van der Waals surface area (Å²) in [4.78, 5) is 16.9. The van der Waals surface area contributed by atoms with Crippen LogP contribution in [0.3, 0.4) is 0 Å². The number of rotatable bonds is 4. The Balaban J connectivity index is 2.57. The van der Waals surface area contributed by atoms with Crippen molar-refractivity contribution >= 4 is 17.2 Å². The van der Waals surface area contributed by atoms with Gasteiger partial charge in [0.25, 0.3) is 0 Å². The number of nitriles is 1. The molecule has 1 aromatic heterocycles. The lowest BCUT2D eigenvalue weighted by Crippen LogP contribution is -2.37. The molecule has 1 amide bonds. The first-order valence-electron chi connectivity index (χ1n) is 5.12. The maximum absolute atomic E-state index is 11.8. The highest BCUT2D eigenvalue weighted by Crippen LogP contribution is 2.20. The Kier molecular flexibility index (Phi) is 4.02. The Hall–Kier alpha value is -1.41. The van der Waals surface area contributed by atoms with Crippen molar-refractivity contribution in [2.45, 2.75) is 33.7 Å². The first-order chi connectivity index (χ1) is 7.51. The van der Waals surface area contributed by atoms with Gasteiger partial charge in [0.1, 0.15) is 5.41 Å². The largest absolute Gasteiger partial charge is 0.350 e. The van der Waals surface area contributed by atoms with Gasteiger partial charge in [-0.15, -0.1) is 11.3 Å². The fraction of sp³-hybridized carbons (Fsp3) is 0.545. The zero-order valence-corrected chi connectivity index (χ0v) is 10.5. The predicted octanol–water partition coefficient (Wildman–Crippen LogP) is 2.01. The van der Waals surface area contributed by atoms with Crippen LogP contribution in [0, 0.1) is 23.7 Å². The number of thiazole rings is 1. The van der Waals surface area contributed by atoms with Gasteiger partial charge in [0.2, 0.25) is 5.91 Å². The second-order valence-corrected chi connectivity index (χ2v) is 5.15. The van der Waals surface area contributed by atoms with E-state index >= 15 is 0 Å². The molecular weight excluding hydrogens is 222 g/mol. The van der Waals surface area contributed by atoms with Crippen LogP contribution < -0.4 is 5.32 Å². The second-order valence-electron chi connectivity index (χ2n) is 3.83. The third-order valence-electron chi connectivity index (χ3n) is 2.55. The van der Waals surface area contributed by atoms with Gasteiger partial charge in [0, 0.05) is 11.1 Å². The molecule has 0 aliphatic rings. The molecule has 1 aromatic rings. The van der Waals surface area contributed by atoms with Gasteiger partial charge in [0.05, 0.1) is 17.6 Å². The van der Waals surface area contributed by atoms with Crippen molar-refractivity contribution in [1.29, 1.82) is 5.26 Å². The highest BCUT2D eigenvalue weighted by molar-refractivity contribution is 7.11. The second kappa shape index (κ2) is 5.08. The maximum Gasteiger partial charge on any atom is 0.240 e. The zero-order valence-electron chi connectivity index (χ0n) is 9.70. The molecule has 0 radical (unpaired) electrons. The van der Waals surface area contributed by atoms with E-state index in [0.717, 1.165) is 9.88 Å². The third kappa shape index (κ3) is 2.80. The van der Waals surface area contributed by atoms with Crippen molar-refractivity contribution in [3.05, 3.63) is 16.1 Å². The van der Waals surface area contributed by atoms with Crippen molar-refractivity contribution in [2.24, 2.45) is 5.41 Å². The van der Waals surface area contributed by atoms with Crippen molar-refractivity contribution < 1.29 is 4.79 Å². The summed E-state index contributed by atoms with van der Waals surface area (Å²) in [6, 6.07) is 2.05. The molecule has 86 valence electrons. The number of nitrogens with zero attached hydrogens (tertiary/aromatic N) is 2. The van der Waals surface area contributed by atoms with E-state index in [-0.39, 0.29) is 5.91 Å². The van der Waals surface area contributed by atoms with E-state index in [0.29, 0.717) is 13.0 Å². The highest BCUT2D eigenvalue weighted by Gasteiger charge is 2.30. The molecule has 0 saturated carbocycles. The Morgan fingerprint density at radius 1 is 1.75 bits per heavy atom. The topological polar surface area (TPSA) is 65.8 Å². The molecule has 0 aliphatic heterocycles. The highest BCUT2D eigenvalue weighted by atomic mass is 32.1. The van der Waals surface area contributed by atoms with E-state index in [4.69, 9.17) is 5.26 Å². The quantitative estimate of drug-likeness (QED) is 0.871. The van der Waals surface area contributed by atoms with Crippen LogP contribution in [0.5, 0.6) is 0 Å². The molecule has 1 rings (SSSR count). The number of carbonyl (C=O) groups is 1. The van der Waals surface area contributed by atoms with E-state index in [9.17, 15) is 4.79 Å². The van der Waals surface area contributed by atoms with Crippen LogP contribution in [0.4, 0.5) is 0 Å². The molecule has 1 heterocycles. The van der Waals surface area contributed by atoms with E-state index in [1.54, 1.807) is 24.5 Å². The lowest BCUT2D eigenvalue weighted by molar-refractivity contribution is -0.127. The van der Waals surface area contributed by atoms with Gasteiger partial charge < -0.3 is 5.32 Å². The minimum absolute atomic E-state index is 0.219. The molecule has 0 bridgehead atoms. The summed E-state index contributed by atoms with van der Waals surface area (Å²) < 4.78 is 0. The molecule has 4 nitrogen and oxygen atoms in total. The number of hydrogen-bond acceptors (Lipinski definition) is 4. The van der Waals surface area contributed by atoms with Gasteiger partial charge in [-0.1, -0.05) is 6.92 Å². The Bertz CT molecular complexity index is 421. The van der Waals surface area contributed by atoms with Gasteiger partial charge in [-0.2, -0.15) is 5.26 Å². The van der Waals surface area contributed by atoms with Crippen molar-refractivity contribution in [3.8, 4) is 6.07 Å². The molecule has 0 aliphatic carbocycles. The molecule has 0 saturated heterocycles. The number of nitrogens with one attached hydrogen (secondary N) is 1. The maximum atomic E-state index is 11.8. The molecule has 1 atom stereocenters. The van der Waals surface area contributed by atoms with E-state index < -0.39 is 5.41 Å². The van der Waals surface area contributed by atoms with E-state index in [1.165, 1.54) is 0 Å². The molecule has 16 heavy (non-hydrogen) atoms. The van der Waals surface area contributed by atoms with E-state index in [2.05, 4.69) is 10.3 Å². The zero-order chi connectivity index (χ0) is 12.2. The summed E-state index contributed by atoms with van der Waals surface area (Å²) >= 11 is 1.55. The monoisotopic (exact) mass is 237 g/mol. The normalized spacial score (nSPS) is 13.9. The number of carbonyl (C=O) groups excluding carboxylic acids is 1. The predicted molar refractivity (Wildman–Crippen MR) is 62.7 cm³/mol. The van der Waals surface area contributed by atoms with Crippen LogP contribution in [0.15, 0.2) is 6.20 Å². The first kappa shape index (κ1) is 12.7. The van der Waals surface area contributed by atoms with Crippen LogP contribution >= 0.6 is 11.3 Å². The Morgan fingerprint density at radius 2 is 2.44 bits per heavy atom. The summed E-state index contributed by atoms with van der Waals surface area (Å²) in [5, 5.41) is 12.7. The Morgan fingerprint density at radius 3 is 2.88 bits per heavy atom. The standard InChI is InChI=1S/C11H15N3OS/c1-4-11(3,7-12)10(15)14-6-9-5-13-8(2)16-9/h5H,4,6H2,1-3H3,(H,14,15). The number of aromatic nitrogens is 1. The van der Waals surface area contributed by atoms with Gasteiger partial charge in [-0.3, -0.25) is 4.79 Å². The summed E-state index contributed by atoms with van der Waals surface area (Å²) in [6.45, 7) is 5.85. The smallest absolute Gasteiger partial charge is 0.240 e. The van der Waals surface area contributed by atoms with Crippen LogP contribution in [0.2, 0.25) is 0 Å². The summed E-state index contributed by atoms with van der Waals surface area (Å²) in [6.07, 6.45) is 2.26. The Labute approximate surface area is 99.3 Å². The van der Waals surface area contributed by atoms with E-state index in [1.807, 2.05) is 19.9 Å². The number of hydrogen-bond donors (Lipinski definition) is 1. The average Bonchev–Trinajstić information content (AvgIpc) is 2.70. The lowest BCUT2D eigenvalue weighted by atomic mass is 9.88. The van der Waals surface area contributed by atoms with Crippen LogP contribution in [0.25, 0.3) is 0 Å². The molecule has 1 N–H and O–H groups in total. The van der Waals surface area contributed by atoms with Gasteiger partial charge in [0.15, 0.2) is 0 Å². The van der Waals surface area contributed by atoms with Crippen molar-refractivity contribution in [3.63, 3.8) is 0 Å². The molecule has 0 aromatic carbocycles. The van der Waals surface area contributed by atoms with Crippen molar-refractivity contribution in [2.75, 3.05) is 0 Å². The minimum Gasteiger partial charge on any atom is -0.350 e. The van der Waals surface area contributed by atoms with Gasteiger partial charge in [-0.25, -0.2) is 4.98 Å². The first-order valence-corrected chi connectivity index (χ1v) is 5.94. The van der Waals surface area contributed by atoms with Crippen LogP contribution in [0.1, 0.15) is 30.2 Å². The van der Waals surface area contributed by atoms with Crippen molar-refractivity contribution in [1.82, 2.24) is 10.3 Å². The van der Waals surface area contributed by atoms with Gasteiger partial charge in [-0.05, 0) is 20.3 Å². The SMILES string of the molecule is CCC(C)(C#N)C(=O)NCc1cnc(C)s1. The average molecular weight is 237 g/mol. The lowest BCUT2D eigenvalue weighted by Gasteiger charge is -2.17. The number of amides is 1. The molecular formula is C11H15N3OS. The molecule has 0 spiro atoms. The molecule has 0 fully saturated rings. The van der Waals surface area contributed by atoms with Crippen LogP contribution in [-0.4, -0.2) is 10.9 Å². The molecule has 1 unspecified atom stereocenters. The van der Waals surface area contributed by atoms with Crippen LogP contribution in [-0.2, 0) is 11.3 Å². The van der Waals surface area contributed by atoms with Gasteiger partial charge >= 0.3 is 0 Å². The third-order valence-corrected chi connectivity index (χ3v) is 3.46. The fourth-order valence-corrected chi connectivity index (χ4v) is 1.87. The summed E-state index contributed by atoms with van der Waals surface area (Å²) in [7, 11) is 0. The fourth-order valence-electron chi connectivity index (χ4n) is 1.14.